The number of piperidine rings is 1. The molecule has 4 aromatic rings. The fourth-order valence-corrected chi connectivity index (χ4v) is 4.74. The lowest BCUT2D eigenvalue weighted by Gasteiger charge is -2.32. The van der Waals surface area contributed by atoms with Gasteiger partial charge in [0.1, 0.15) is 23.8 Å². The molecule has 3 heterocycles. The van der Waals surface area contributed by atoms with Crippen LogP contribution in [0.1, 0.15) is 49.4 Å². The van der Waals surface area contributed by atoms with Crippen LogP contribution in [0.2, 0.25) is 0 Å². The summed E-state index contributed by atoms with van der Waals surface area (Å²) < 4.78 is 35.1. The van der Waals surface area contributed by atoms with Crippen molar-refractivity contribution in [3.05, 3.63) is 65.6 Å². The summed E-state index contributed by atoms with van der Waals surface area (Å²) in [4.78, 5) is 26.3. The number of carboxylic acids is 1. The summed E-state index contributed by atoms with van der Waals surface area (Å²) in [5.74, 6) is -0.0859. The Kier molecular flexibility index (Phi) is 6.58. The molecule has 0 radical (unpaired) electrons. The fourth-order valence-electron chi connectivity index (χ4n) is 4.74. The van der Waals surface area contributed by atoms with Gasteiger partial charge in [-0.2, -0.15) is 4.98 Å². The Morgan fingerprint density at radius 1 is 1.14 bits per heavy atom. The number of hydrogen-bond donors (Lipinski definition) is 1. The van der Waals surface area contributed by atoms with Crippen molar-refractivity contribution in [3.8, 4) is 11.1 Å². The van der Waals surface area contributed by atoms with Gasteiger partial charge < -0.3 is 14.5 Å². The number of carbonyl (C=O) groups is 1. The summed E-state index contributed by atoms with van der Waals surface area (Å²) in [7, 11) is 0. The average Bonchev–Trinajstić information content (AvgIpc) is 3.32. The summed E-state index contributed by atoms with van der Waals surface area (Å²) in [6.07, 6.45) is 4.38. The Hall–Kier alpha value is -3.95. The third-order valence-corrected chi connectivity index (χ3v) is 6.47. The van der Waals surface area contributed by atoms with E-state index >= 15 is 0 Å². The predicted octanol–water partition coefficient (Wildman–Crippen LogP) is 4.92. The molecule has 36 heavy (non-hydrogen) atoms. The average molecular weight is 494 g/mol. The summed E-state index contributed by atoms with van der Waals surface area (Å²) >= 11 is 0. The normalized spacial score (nSPS) is 14.5. The number of aryl methyl sites for hydroxylation is 1. The number of anilines is 1. The molecule has 0 atom stereocenters. The summed E-state index contributed by atoms with van der Waals surface area (Å²) in [6, 6.07) is 6.77. The molecule has 8 nitrogen and oxygen atoms in total. The molecule has 0 bridgehead atoms. The third kappa shape index (κ3) is 4.75. The molecule has 1 saturated heterocycles. The maximum absolute atomic E-state index is 15.0. The maximum Gasteiger partial charge on any atom is 0.307 e. The van der Waals surface area contributed by atoms with E-state index in [4.69, 9.17) is 9.63 Å². The highest BCUT2D eigenvalue weighted by Crippen LogP contribution is 2.36. The Labute approximate surface area is 206 Å². The van der Waals surface area contributed by atoms with Gasteiger partial charge >= 0.3 is 5.97 Å². The minimum absolute atomic E-state index is 0.150. The SMILES string of the molecule is CCCc1nc(C2CCN(c3ncnc4c(-c5ccc(CC(=O)O)cc5F)cc(F)cc34)CC2)no1. The van der Waals surface area contributed by atoms with Gasteiger partial charge in [0.15, 0.2) is 5.82 Å². The van der Waals surface area contributed by atoms with Gasteiger partial charge in [-0.05, 0) is 43.0 Å². The first kappa shape index (κ1) is 23.8. The zero-order valence-electron chi connectivity index (χ0n) is 19.7. The first-order chi connectivity index (χ1) is 17.4. The molecule has 186 valence electrons. The van der Waals surface area contributed by atoms with E-state index in [1.54, 1.807) is 0 Å². The van der Waals surface area contributed by atoms with Gasteiger partial charge in [-0.3, -0.25) is 4.79 Å². The minimum atomic E-state index is -1.06. The zero-order valence-corrected chi connectivity index (χ0v) is 19.7. The number of fused-ring (bicyclic) bond motifs is 1. The molecular weight excluding hydrogens is 468 g/mol. The second-order valence-electron chi connectivity index (χ2n) is 8.99. The second-order valence-corrected chi connectivity index (χ2v) is 8.99. The molecule has 2 aromatic heterocycles. The van der Waals surface area contributed by atoms with Crippen LogP contribution in [-0.2, 0) is 17.6 Å². The summed E-state index contributed by atoms with van der Waals surface area (Å²) in [5, 5.41) is 13.6. The molecule has 10 heteroatoms. The number of aliphatic carboxylic acids is 1. The molecule has 0 unspecified atom stereocenters. The highest BCUT2D eigenvalue weighted by atomic mass is 19.1. The van der Waals surface area contributed by atoms with Crippen LogP contribution in [-0.4, -0.2) is 44.3 Å². The number of rotatable bonds is 7. The highest BCUT2D eigenvalue weighted by molar-refractivity contribution is 5.99. The van der Waals surface area contributed by atoms with E-state index in [1.807, 2.05) is 0 Å². The van der Waals surface area contributed by atoms with Gasteiger partial charge in [0.2, 0.25) is 5.89 Å². The van der Waals surface area contributed by atoms with Crippen LogP contribution >= 0.6 is 0 Å². The van der Waals surface area contributed by atoms with Crippen molar-refractivity contribution >= 4 is 22.7 Å². The van der Waals surface area contributed by atoms with E-state index < -0.39 is 17.6 Å². The number of halogens is 2. The molecule has 1 aliphatic heterocycles. The number of hydrogen-bond acceptors (Lipinski definition) is 7. The zero-order chi connectivity index (χ0) is 25.2. The molecule has 1 fully saturated rings. The Bertz CT molecular complexity index is 1420. The van der Waals surface area contributed by atoms with Gasteiger partial charge in [-0.15, -0.1) is 0 Å². The monoisotopic (exact) mass is 493 g/mol. The number of benzene rings is 2. The molecule has 0 spiro atoms. The Morgan fingerprint density at radius 3 is 2.67 bits per heavy atom. The maximum atomic E-state index is 15.0. The lowest BCUT2D eigenvalue weighted by molar-refractivity contribution is -0.136. The Balaban J connectivity index is 1.44. The smallest absolute Gasteiger partial charge is 0.307 e. The topological polar surface area (TPSA) is 105 Å². The van der Waals surface area contributed by atoms with E-state index in [1.165, 1.54) is 30.6 Å². The third-order valence-electron chi connectivity index (χ3n) is 6.47. The number of aromatic nitrogens is 4. The largest absolute Gasteiger partial charge is 0.481 e. The highest BCUT2D eigenvalue weighted by Gasteiger charge is 2.27. The molecule has 1 aliphatic rings. The van der Waals surface area contributed by atoms with Crippen molar-refractivity contribution in [1.29, 1.82) is 0 Å². The fraction of sp³-hybridized carbons (Fsp3) is 0.346. The van der Waals surface area contributed by atoms with E-state index in [2.05, 4.69) is 31.9 Å². The molecular formula is C26H25F2N5O3. The van der Waals surface area contributed by atoms with Crippen LogP contribution in [0.4, 0.5) is 14.6 Å². The minimum Gasteiger partial charge on any atom is -0.481 e. The lowest BCUT2D eigenvalue weighted by Crippen LogP contribution is -2.34. The molecule has 0 aliphatic carbocycles. The first-order valence-electron chi connectivity index (χ1n) is 11.9. The molecule has 0 amide bonds. The van der Waals surface area contributed by atoms with Crippen molar-refractivity contribution in [2.45, 2.75) is 44.9 Å². The van der Waals surface area contributed by atoms with E-state index in [9.17, 15) is 13.6 Å². The van der Waals surface area contributed by atoms with Gasteiger partial charge in [0.05, 0.1) is 11.9 Å². The van der Waals surface area contributed by atoms with E-state index in [0.29, 0.717) is 41.3 Å². The van der Waals surface area contributed by atoms with Crippen molar-refractivity contribution in [2.75, 3.05) is 18.0 Å². The van der Waals surface area contributed by atoms with Crippen LogP contribution in [0.5, 0.6) is 0 Å². The van der Waals surface area contributed by atoms with Crippen molar-refractivity contribution in [3.63, 3.8) is 0 Å². The van der Waals surface area contributed by atoms with Crippen LogP contribution in [0.3, 0.4) is 0 Å². The van der Waals surface area contributed by atoms with Crippen LogP contribution in [0, 0.1) is 11.6 Å². The summed E-state index contributed by atoms with van der Waals surface area (Å²) in [6.45, 7) is 3.39. The summed E-state index contributed by atoms with van der Waals surface area (Å²) in [5.41, 5.74) is 1.19. The quantitative estimate of drug-likeness (QED) is 0.387. The van der Waals surface area contributed by atoms with Crippen LogP contribution in [0.25, 0.3) is 22.0 Å². The number of carboxylic acid groups (broad SMARTS) is 1. The van der Waals surface area contributed by atoms with Crippen molar-refractivity contribution < 1.29 is 23.2 Å². The molecule has 1 N–H and O–H groups in total. The molecule has 5 rings (SSSR count). The van der Waals surface area contributed by atoms with Gasteiger partial charge in [0.25, 0.3) is 0 Å². The van der Waals surface area contributed by atoms with Gasteiger partial charge in [0, 0.05) is 41.9 Å². The first-order valence-corrected chi connectivity index (χ1v) is 11.9. The second kappa shape index (κ2) is 9.96. The number of nitrogens with zero attached hydrogens (tertiary/aromatic N) is 5. The van der Waals surface area contributed by atoms with Crippen molar-refractivity contribution in [2.24, 2.45) is 0 Å². The van der Waals surface area contributed by atoms with Gasteiger partial charge in [-0.1, -0.05) is 24.2 Å². The lowest BCUT2D eigenvalue weighted by atomic mass is 9.95. The van der Waals surface area contributed by atoms with Gasteiger partial charge in [-0.25, -0.2) is 18.7 Å². The van der Waals surface area contributed by atoms with Crippen molar-refractivity contribution in [1.82, 2.24) is 20.1 Å². The predicted molar refractivity (Wildman–Crippen MR) is 129 cm³/mol. The standard InChI is InChI=1S/C26H25F2N5O3/c1-2-3-22-31-25(32-36-22)16-6-8-33(9-7-16)26-20-13-17(27)12-19(24(20)29-14-30-26)18-5-4-15(10-21(18)28)11-23(34)35/h4-5,10,12-14,16H,2-3,6-9,11H2,1H3,(H,34,35). The van der Waals surface area contributed by atoms with Crippen LogP contribution in [0.15, 0.2) is 41.2 Å². The molecule has 0 saturated carbocycles. The van der Waals surface area contributed by atoms with E-state index in [0.717, 1.165) is 37.6 Å². The molecule has 2 aromatic carbocycles. The van der Waals surface area contributed by atoms with E-state index in [-0.39, 0.29) is 23.5 Å². The van der Waals surface area contributed by atoms with Crippen LogP contribution < -0.4 is 4.90 Å². The Morgan fingerprint density at radius 2 is 1.94 bits per heavy atom.